The molecular weight excluding hydrogens is 277 g/mol. The number of aliphatic hydroxyl groups excluding tert-OH is 1. The van der Waals surface area contributed by atoms with Crippen molar-refractivity contribution in [1.82, 2.24) is 5.32 Å². The third kappa shape index (κ3) is 3.28. The van der Waals surface area contributed by atoms with Crippen molar-refractivity contribution in [3.8, 4) is 0 Å². The van der Waals surface area contributed by atoms with Crippen molar-refractivity contribution in [3.63, 3.8) is 0 Å². The van der Waals surface area contributed by atoms with E-state index in [9.17, 15) is 9.18 Å². The van der Waals surface area contributed by atoms with Crippen LogP contribution in [0.25, 0.3) is 0 Å². The SMILES string of the molecule is CC(C)(CO)NC(=O)c1cc(Br)ccc1F. The van der Waals surface area contributed by atoms with Gasteiger partial charge in [0.15, 0.2) is 0 Å². The zero-order valence-electron chi connectivity index (χ0n) is 9.05. The maximum Gasteiger partial charge on any atom is 0.254 e. The zero-order chi connectivity index (χ0) is 12.3. The van der Waals surface area contributed by atoms with Crippen molar-refractivity contribution in [2.75, 3.05) is 6.61 Å². The highest BCUT2D eigenvalue weighted by Crippen LogP contribution is 2.16. The van der Waals surface area contributed by atoms with Gasteiger partial charge in [0, 0.05) is 4.47 Å². The van der Waals surface area contributed by atoms with Crippen LogP contribution in [-0.2, 0) is 0 Å². The van der Waals surface area contributed by atoms with Gasteiger partial charge in [-0.1, -0.05) is 15.9 Å². The van der Waals surface area contributed by atoms with Crippen LogP contribution in [0.4, 0.5) is 4.39 Å². The van der Waals surface area contributed by atoms with Crippen molar-refractivity contribution >= 4 is 21.8 Å². The summed E-state index contributed by atoms with van der Waals surface area (Å²) in [6.07, 6.45) is 0. The van der Waals surface area contributed by atoms with E-state index in [-0.39, 0.29) is 12.2 Å². The Kier molecular flexibility index (Phi) is 4.04. The Morgan fingerprint density at radius 2 is 2.19 bits per heavy atom. The van der Waals surface area contributed by atoms with E-state index in [2.05, 4.69) is 21.2 Å². The molecule has 0 saturated carbocycles. The van der Waals surface area contributed by atoms with E-state index in [1.807, 2.05) is 0 Å². The molecule has 2 N–H and O–H groups in total. The minimum Gasteiger partial charge on any atom is -0.394 e. The molecule has 1 aromatic rings. The summed E-state index contributed by atoms with van der Waals surface area (Å²) in [5.74, 6) is -1.13. The van der Waals surface area contributed by atoms with Gasteiger partial charge in [0.2, 0.25) is 0 Å². The molecule has 0 atom stereocenters. The third-order valence-corrected chi connectivity index (χ3v) is 2.51. The first-order chi connectivity index (χ1) is 7.35. The van der Waals surface area contributed by atoms with Crippen LogP contribution in [0.3, 0.4) is 0 Å². The smallest absolute Gasteiger partial charge is 0.254 e. The molecule has 5 heteroatoms. The Hall–Kier alpha value is -0.940. The lowest BCUT2D eigenvalue weighted by molar-refractivity contribution is 0.0865. The topological polar surface area (TPSA) is 49.3 Å². The second-order valence-electron chi connectivity index (χ2n) is 4.12. The van der Waals surface area contributed by atoms with Crippen molar-refractivity contribution in [3.05, 3.63) is 34.1 Å². The summed E-state index contributed by atoms with van der Waals surface area (Å²) in [4.78, 5) is 11.7. The molecule has 0 aliphatic heterocycles. The Labute approximate surface area is 102 Å². The molecule has 0 saturated heterocycles. The number of aliphatic hydroxyl groups is 1. The van der Waals surface area contributed by atoms with E-state index >= 15 is 0 Å². The fourth-order valence-corrected chi connectivity index (χ4v) is 1.45. The van der Waals surface area contributed by atoms with Gasteiger partial charge in [0.1, 0.15) is 5.82 Å². The van der Waals surface area contributed by atoms with Crippen LogP contribution in [0.2, 0.25) is 0 Å². The van der Waals surface area contributed by atoms with Gasteiger partial charge in [0.05, 0.1) is 17.7 Å². The molecule has 0 aliphatic rings. The Morgan fingerprint density at radius 3 is 2.75 bits per heavy atom. The first-order valence-corrected chi connectivity index (χ1v) is 5.53. The van der Waals surface area contributed by atoms with Gasteiger partial charge >= 0.3 is 0 Å². The van der Waals surface area contributed by atoms with Crippen molar-refractivity contribution in [1.29, 1.82) is 0 Å². The van der Waals surface area contributed by atoms with Gasteiger partial charge in [-0.2, -0.15) is 0 Å². The molecular formula is C11H13BrFNO2. The third-order valence-electron chi connectivity index (χ3n) is 2.02. The molecule has 0 aromatic heterocycles. The summed E-state index contributed by atoms with van der Waals surface area (Å²) in [6, 6.07) is 4.13. The first-order valence-electron chi connectivity index (χ1n) is 4.74. The lowest BCUT2D eigenvalue weighted by Crippen LogP contribution is -2.46. The lowest BCUT2D eigenvalue weighted by Gasteiger charge is -2.23. The van der Waals surface area contributed by atoms with Crippen LogP contribution >= 0.6 is 15.9 Å². The summed E-state index contributed by atoms with van der Waals surface area (Å²) < 4.78 is 14.0. The van der Waals surface area contributed by atoms with Gasteiger partial charge in [-0.05, 0) is 32.0 Å². The van der Waals surface area contributed by atoms with E-state index in [1.165, 1.54) is 18.2 Å². The number of nitrogens with one attached hydrogen (secondary N) is 1. The highest BCUT2D eigenvalue weighted by molar-refractivity contribution is 9.10. The van der Waals surface area contributed by atoms with E-state index < -0.39 is 17.3 Å². The number of carbonyl (C=O) groups excluding carboxylic acids is 1. The minimum atomic E-state index is -0.772. The molecule has 0 unspecified atom stereocenters. The highest BCUT2D eigenvalue weighted by atomic mass is 79.9. The fourth-order valence-electron chi connectivity index (χ4n) is 1.09. The van der Waals surface area contributed by atoms with E-state index in [4.69, 9.17) is 5.11 Å². The maximum atomic E-state index is 13.4. The van der Waals surface area contributed by atoms with Crippen molar-refractivity contribution in [2.24, 2.45) is 0 Å². The number of hydrogen-bond donors (Lipinski definition) is 2. The van der Waals surface area contributed by atoms with Crippen LogP contribution in [0.1, 0.15) is 24.2 Å². The number of rotatable bonds is 3. The number of carbonyl (C=O) groups is 1. The molecule has 3 nitrogen and oxygen atoms in total. The van der Waals surface area contributed by atoms with Crippen molar-refractivity contribution in [2.45, 2.75) is 19.4 Å². The minimum absolute atomic E-state index is 0.0455. The van der Waals surface area contributed by atoms with Gasteiger partial charge in [-0.3, -0.25) is 4.79 Å². The average molecular weight is 290 g/mol. The molecule has 16 heavy (non-hydrogen) atoms. The molecule has 0 aliphatic carbocycles. The van der Waals surface area contributed by atoms with Crippen LogP contribution < -0.4 is 5.32 Å². The quantitative estimate of drug-likeness (QED) is 0.895. The molecule has 1 amide bonds. The molecule has 1 aromatic carbocycles. The van der Waals surface area contributed by atoms with Crippen LogP contribution in [-0.4, -0.2) is 23.2 Å². The summed E-state index contributed by atoms with van der Waals surface area (Å²) >= 11 is 3.17. The molecule has 0 heterocycles. The van der Waals surface area contributed by atoms with Gasteiger partial charge in [0.25, 0.3) is 5.91 Å². The Morgan fingerprint density at radius 1 is 1.56 bits per heavy atom. The molecule has 0 spiro atoms. The normalized spacial score (nSPS) is 11.3. The second kappa shape index (κ2) is 4.93. The highest BCUT2D eigenvalue weighted by Gasteiger charge is 2.21. The number of amides is 1. The molecule has 1 rings (SSSR count). The van der Waals surface area contributed by atoms with Crippen molar-refractivity contribution < 1.29 is 14.3 Å². The second-order valence-corrected chi connectivity index (χ2v) is 5.04. The van der Waals surface area contributed by atoms with Gasteiger partial charge in [-0.25, -0.2) is 4.39 Å². The predicted molar refractivity (Wildman–Crippen MR) is 62.7 cm³/mol. The predicted octanol–water partition coefficient (Wildman–Crippen LogP) is 2.09. The van der Waals surface area contributed by atoms with E-state index in [1.54, 1.807) is 13.8 Å². The average Bonchev–Trinajstić information content (AvgIpc) is 2.21. The van der Waals surface area contributed by atoms with Crippen LogP contribution in [0, 0.1) is 5.82 Å². The summed E-state index contributed by atoms with van der Waals surface area (Å²) in [7, 11) is 0. The zero-order valence-corrected chi connectivity index (χ0v) is 10.6. The van der Waals surface area contributed by atoms with E-state index in [0.717, 1.165) is 0 Å². The summed E-state index contributed by atoms with van der Waals surface area (Å²) in [5, 5.41) is 11.5. The molecule has 0 fully saturated rings. The molecule has 0 radical (unpaired) electrons. The fraction of sp³-hybridized carbons (Fsp3) is 0.364. The summed E-state index contributed by atoms with van der Waals surface area (Å²) in [6.45, 7) is 3.09. The van der Waals surface area contributed by atoms with Crippen LogP contribution in [0.5, 0.6) is 0 Å². The molecule has 88 valence electrons. The number of halogens is 2. The maximum absolute atomic E-state index is 13.4. The van der Waals surface area contributed by atoms with Gasteiger partial charge in [-0.15, -0.1) is 0 Å². The number of benzene rings is 1. The standard InChI is InChI=1S/C11H13BrFNO2/c1-11(2,6-15)14-10(16)8-5-7(12)3-4-9(8)13/h3-5,15H,6H2,1-2H3,(H,14,16). The van der Waals surface area contributed by atoms with Crippen LogP contribution in [0.15, 0.2) is 22.7 Å². The molecule has 0 bridgehead atoms. The Balaban J connectivity index is 2.93. The van der Waals surface area contributed by atoms with Gasteiger partial charge < -0.3 is 10.4 Å². The first kappa shape index (κ1) is 13.1. The lowest BCUT2D eigenvalue weighted by atomic mass is 10.1. The largest absolute Gasteiger partial charge is 0.394 e. The van der Waals surface area contributed by atoms with E-state index in [0.29, 0.717) is 4.47 Å². The number of hydrogen-bond acceptors (Lipinski definition) is 2. The monoisotopic (exact) mass is 289 g/mol. The summed E-state index contributed by atoms with van der Waals surface area (Å²) in [5.41, 5.74) is -0.817. The Bertz CT molecular complexity index is 407.